The number of hydrogen-bond acceptors (Lipinski definition) is 5. The molecule has 1 unspecified atom stereocenters. The molecule has 1 fully saturated rings. The zero-order valence-corrected chi connectivity index (χ0v) is 14.5. The Morgan fingerprint density at radius 2 is 2.04 bits per heavy atom. The van der Waals surface area contributed by atoms with Crippen molar-refractivity contribution in [2.24, 2.45) is 7.05 Å². The third-order valence-corrected chi connectivity index (χ3v) is 4.46. The monoisotopic (exact) mass is 348 g/mol. The van der Waals surface area contributed by atoms with Crippen LogP contribution in [0.15, 0.2) is 55.1 Å². The summed E-state index contributed by atoms with van der Waals surface area (Å²) in [5.41, 5.74) is 2.40. The minimum absolute atomic E-state index is 0.0634. The van der Waals surface area contributed by atoms with Crippen molar-refractivity contribution in [2.45, 2.75) is 12.5 Å². The Labute approximate surface area is 151 Å². The number of imidazole rings is 1. The lowest BCUT2D eigenvalue weighted by Gasteiger charge is -2.17. The minimum atomic E-state index is -0.142. The highest BCUT2D eigenvalue weighted by atomic mass is 16.2. The Kier molecular flexibility index (Phi) is 4.35. The molecule has 0 bridgehead atoms. The number of benzene rings is 1. The number of amides is 1. The average molecular weight is 348 g/mol. The second-order valence-electron chi connectivity index (χ2n) is 6.44. The van der Waals surface area contributed by atoms with E-state index in [1.165, 1.54) is 0 Å². The molecule has 0 saturated carbocycles. The molecule has 0 aliphatic carbocycles. The van der Waals surface area contributed by atoms with Gasteiger partial charge in [-0.3, -0.25) is 4.79 Å². The molecule has 0 spiro atoms. The van der Waals surface area contributed by atoms with Gasteiger partial charge in [0, 0.05) is 44.1 Å². The molecule has 1 aromatic carbocycles. The molecule has 1 amide bonds. The van der Waals surface area contributed by atoms with Crippen molar-refractivity contribution in [1.29, 1.82) is 0 Å². The minimum Gasteiger partial charge on any atom is -0.346 e. The number of aromatic nitrogens is 4. The van der Waals surface area contributed by atoms with Crippen molar-refractivity contribution in [3.8, 4) is 11.3 Å². The Bertz CT molecular complexity index is 907. The van der Waals surface area contributed by atoms with Crippen LogP contribution in [0.2, 0.25) is 0 Å². The molecule has 3 aromatic rings. The van der Waals surface area contributed by atoms with Crippen LogP contribution in [0.25, 0.3) is 11.3 Å². The van der Waals surface area contributed by atoms with Crippen molar-refractivity contribution in [3.05, 3.63) is 60.8 Å². The molecule has 1 atom stereocenters. The van der Waals surface area contributed by atoms with Gasteiger partial charge >= 0.3 is 0 Å². The molecular formula is C19H20N6O. The van der Waals surface area contributed by atoms with Gasteiger partial charge in [0.25, 0.3) is 5.91 Å². The van der Waals surface area contributed by atoms with Crippen LogP contribution in [0.5, 0.6) is 0 Å². The summed E-state index contributed by atoms with van der Waals surface area (Å²) in [7, 11) is 1.85. The maximum Gasteiger partial charge on any atom is 0.271 e. The first-order valence-electron chi connectivity index (χ1n) is 8.61. The van der Waals surface area contributed by atoms with Crippen LogP contribution < -0.4 is 10.2 Å². The Hall–Kier alpha value is -3.22. The predicted molar refractivity (Wildman–Crippen MR) is 98.8 cm³/mol. The molecule has 26 heavy (non-hydrogen) atoms. The van der Waals surface area contributed by atoms with E-state index < -0.39 is 0 Å². The lowest BCUT2D eigenvalue weighted by Crippen LogP contribution is -2.37. The predicted octanol–water partition coefficient (Wildman–Crippen LogP) is 1.89. The Morgan fingerprint density at radius 1 is 1.19 bits per heavy atom. The number of nitrogens with one attached hydrogen (secondary N) is 1. The van der Waals surface area contributed by atoms with Crippen LogP contribution in [0.1, 0.15) is 16.9 Å². The van der Waals surface area contributed by atoms with Crippen LogP contribution in [0, 0.1) is 0 Å². The first-order chi connectivity index (χ1) is 12.7. The Morgan fingerprint density at radius 3 is 2.81 bits per heavy atom. The van der Waals surface area contributed by atoms with E-state index >= 15 is 0 Å². The molecule has 7 nitrogen and oxygen atoms in total. The molecular weight excluding hydrogens is 328 g/mol. The number of rotatable bonds is 4. The molecule has 1 aliphatic rings. The summed E-state index contributed by atoms with van der Waals surface area (Å²) in [6, 6.07) is 12.0. The summed E-state index contributed by atoms with van der Waals surface area (Å²) in [5, 5.41) is 3.04. The summed E-state index contributed by atoms with van der Waals surface area (Å²) in [4.78, 5) is 27.6. The Balaban J connectivity index is 1.43. The van der Waals surface area contributed by atoms with E-state index in [4.69, 9.17) is 0 Å². The van der Waals surface area contributed by atoms with Gasteiger partial charge in [-0.2, -0.15) is 0 Å². The lowest BCUT2D eigenvalue weighted by atomic mass is 10.1. The van der Waals surface area contributed by atoms with Crippen LogP contribution in [0.3, 0.4) is 0 Å². The molecule has 7 heteroatoms. The van der Waals surface area contributed by atoms with E-state index in [0.29, 0.717) is 18.2 Å². The van der Waals surface area contributed by atoms with E-state index in [1.54, 1.807) is 23.3 Å². The smallest absolute Gasteiger partial charge is 0.271 e. The van der Waals surface area contributed by atoms with Crippen molar-refractivity contribution < 1.29 is 4.79 Å². The third kappa shape index (κ3) is 3.42. The normalized spacial score (nSPS) is 16.7. The fraction of sp³-hybridized carbons (Fsp3) is 0.263. The van der Waals surface area contributed by atoms with Gasteiger partial charge in [-0.15, -0.1) is 0 Å². The van der Waals surface area contributed by atoms with Crippen LogP contribution >= 0.6 is 0 Å². The quantitative estimate of drug-likeness (QED) is 0.779. The standard InChI is InChI=1S/C19H20N6O/c1-24-12-17(21-13-24)18(26)22-15-8-10-25(11-15)19-20-9-7-16(23-19)14-5-3-2-4-6-14/h2-7,9,12-13,15H,8,10-11H2,1H3,(H,22,26). The van der Waals surface area contributed by atoms with Gasteiger partial charge in [0.15, 0.2) is 0 Å². The molecule has 4 rings (SSSR count). The van der Waals surface area contributed by atoms with E-state index in [9.17, 15) is 4.79 Å². The molecule has 1 N–H and O–H groups in total. The summed E-state index contributed by atoms with van der Waals surface area (Å²) >= 11 is 0. The van der Waals surface area contributed by atoms with Crippen LogP contribution in [-0.2, 0) is 7.05 Å². The van der Waals surface area contributed by atoms with Gasteiger partial charge in [-0.1, -0.05) is 30.3 Å². The topological polar surface area (TPSA) is 75.9 Å². The van der Waals surface area contributed by atoms with Crippen molar-refractivity contribution in [2.75, 3.05) is 18.0 Å². The molecule has 3 heterocycles. The summed E-state index contributed by atoms with van der Waals surface area (Å²) in [6.45, 7) is 1.50. The van der Waals surface area contributed by atoms with Gasteiger partial charge in [-0.05, 0) is 12.5 Å². The van der Waals surface area contributed by atoms with Gasteiger partial charge in [-0.25, -0.2) is 15.0 Å². The third-order valence-electron chi connectivity index (χ3n) is 4.46. The van der Waals surface area contributed by atoms with Gasteiger partial charge < -0.3 is 14.8 Å². The highest BCUT2D eigenvalue weighted by Crippen LogP contribution is 2.21. The van der Waals surface area contributed by atoms with E-state index in [0.717, 1.165) is 24.2 Å². The number of nitrogens with zero attached hydrogens (tertiary/aromatic N) is 5. The largest absolute Gasteiger partial charge is 0.346 e. The van der Waals surface area contributed by atoms with Gasteiger partial charge in [0.05, 0.1) is 12.0 Å². The van der Waals surface area contributed by atoms with Gasteiger partial charge in [0.1, 0.15) is 5.69 Å². The first-order valence-corrected chi connectivity index (χ1v) is 8.61. The van der Waals surface area contributed by atoms with E-state index in [1.807, 2.05) is 43.4 Å². The van der Waals surface area contributed by atoms with Crippen molar-refractivity contribution in [3.63, 3.8) is 0 Å². The van der Waals surface area contributed by atoms with Gasteiger partial charge in [0.2, 0.25) is 5.95 Å². The SMILES string of the molecule is Cn1cnc(C(=O)NC2CCN(c3nccc(-c4ccccc4)n3)C2)c1. The molecule has 0 radical (unpaired) electrons. The molecule has 132 valence electrons. The summed E-state index contributed by atoms with van der Waals surface area (Å²) in [5.74, 6) is 0.553. The highest BCUT2D eigenvalue weighted by molar-refractivity contribution is 5.92. The number of carbonyl (C=O) groups is 1. The maximum absolute atomic E-state index is 12.3. The average Bonchev–Trinajstić information content (AvgIpc) is 3.32. The maximum atomic E-state index is 12.3. The van der Waals surface area contributed by atoms with Crippen molar-refractivity contribution >= 4 is 11.9 Å². The number of hydrogen-bond donors (Lipinski definition) is 1. The zero-order valence-electron chi connectivity index (χ0n) is 14.5. The van der Waals surface area contributed by atoms with Crippen LogP contribution in [0.4, 0.5) is 5.95 Å². The van der Waals surface area contributed by atoms with Crippen LogP contribution in [-0.4, -0.2) is 44.6 Å². The first kappa shape index (κ1) is 16.3. The zero-order chi connectivity index (χ0) is 17.9. The fourth-order valence-corrected chi connectivity index (χ4v) is 3.12. The van der Waals surface area contributed by atoms with E-state index in [-0.39, 0.29) is 11.9 Å². The fourth-order valence-electron chi connectivity index (χ4n) is 3.12. The number of aryl methyl sites for hydroxylation is 1. The molecule has 1 aliphatic heterocycles. The summed E-state index contributed by atoms with van der Waals surface area (Å²) < 4.78 is 1.76. The van der Waals surface area contributed by atoms with E-state index in [2.05, 4.69) is 25.2 Å². The highest BCUT2D eigenvalue weighted by Gasteiger charge is 2.26. The summed E-state index contributed by atoms with van der Waals surface area (Å²) in [6.07, 6.45) is 5.98. The number of carbonyl (C=O) groups excluding carboxylic acids is 1. The molecule has 1 saturated heterocycles. The second kappa shape index (κ2) is 6.95. The number of anilines is 1. The second-order valence-corrected chi connectivity index (χ2v) is 6.44. The molecule has 2 aromatic heterocycles. The lowest BCUT2D eigenvalue weighted by molar-refractivity contribution is 0.0935. The van der Waals surface area contributed by atoms with Crippen molar-refractivity contribution in [1.82, 2.24) is 24.8 Å².